The molecule has 6 heteroatoms. The van der Waals surface area contributed by atoms with Gasteiger partial charge in [0, 0.05) is 18.0 Å². The predicted molar refractivity (Wildman–Crippen MR) is 106 cm³/mol. The Kier molecular flexibility index (Phi) is 4.74. The van der Waals surface area contributed by atoms with Crippen molar-refractivity contribution in [3.8, 4) is 0 Å². The van der Waals surface area contributed by atoms with Crippen LogP contribution in [0.15, 0.2) is 23.0 Å². The monoisotopic (exact) mass is 367 g/mol. The number of nitrogens with zero attached hydrogens (tertiary/aromatic N) is 5. The van der Waals surface area contributed by atoms with Gasteiger partial charge in [0.2, 0.25) is 0 Å². The van der Waals surface area contributed by atoms with Gasteiger partial charge in [0.05, 0.1) is 24.0 Å². The molecule has 4 rings (SSSR count). The number of hydrogen-bond donors (Lipinski definition) is 0. The zero-order chi connectivity index (χ0) is 19.0. The Bertz CT molecular complexity index is 883. The van der Waals surface area contributed by atoms with E-state index in [-0.39, 0.29) is 17.0 Å². The molecule has 2 aliphatic rings. The quantitative estimate of drug-likeness (QED) is 0.835. The van der Waals surface area contributed by atoms with Crippen molar-refractivity contribution < 1.29 is 0 Å². The normalized spacial score (nSPS) is 20.0. The lowest BCUT2D eigenvalue weighted by Gasteiger charge is -2.27. The first-order valence-electron chi connectivity index (χ1n) is 10.1. The summed E-state index contributed by atoms with van der Waals surface area (Å²) in [6.07, 6.45) is 6.76. The van der Waals surface area contributed by atoms with E-state index >= 15 is 0 Å². The Morgan fingerprint density at radius 1 is 1.11 bits per heavy atom. The van der Waals surface area contributed by atoms with E-state index in [1.54, 1.807) is 10.7 Å². The molecule has 1 atom stereocenters. The number of aromatic nitrogens is 4. The summed E-state index contributed by atoms with van der Waals surface area (Å²) in [5.74, 6) is 0.957. The van der Waals surface area contributed by atoms with Crippen molar-refractivity contribution in [3.63, 3.8) is 0 Å². The third-order valence-corrected chi connectivity index (χ3v) is 5.75. The van der Waals surface area contributed by atoms with E-state index in [1.165, 1.54) is 18.4 Å². The van der Waals surface area contributed by atoms with E-state index in [2.05, 4.69) is 47.0 Å². The van der Waals surface area contributed by atoms with Crippen molar-refractivity contribution >= 4 is 5.82 Å². The molecule has 1 fully saturated rings. The number of rotatable bonds is 3. The van der Waals surface area contributed by atoms with Crippen molar-refractivity contribution in [1.82, 2.24) is 20.0 Å². The SMILES string of the molecule is CC(C)(C)c1ccc(=O)n(CC2CCCN2c2cc3c(nn2)CCCC3)n1. The van der Waals surface area contributed by atoms with E-state index in [9.17, 15) is 4.79 Å². The molecule has 144 valence electrons. The van der Waals surface area contributed by atoms with Gasteiger partial charge >= 0.3 is 0 Å². The first-order chi connectivity index (χ1) is 12.9. The van der Waals surface area contributed by atoms with Crippen LogP contribution in [0.4, 0.5) is 5.82 Å². The van der Waals surface area contributed by atoms with Crippen LogP contribution in [0, 0.1) is 0 Å². The lowest BCUT2D eigenvalue weighted by molar-refractivity contribution is 0.456. The second-order valence-corrected chi connectivity index (χ2v) is 8.86. The van der Waals surface area contributed by atoms with Crippen LogP contribution in [-0.2, 0) is 24.8 Å². The van der Waals surface area contributed by atoms with E-state index < -0.39 is 0 Å². The molecule has 3 heterocycles. The molecule has 2 aromatic rings. The van der Waals surface area contributed by atoms with Gasteiger partial charge in [0.1, 0.15) is 0 Å². The van der Waals surface area contributed by atoms with Crippen LogP contribution in [0.5, 0.6) is 0 Å². The molecule has 0 spiro atoms. The van der Waals surface area contributed by atoms with Gasteiger partial charge in [-0.2, -0.15) is 10.2 Å². The number of fused-ring (bicyclic) bond motifs is 1. The standard InChI is InChI=1S/C21H29N5O/c1-21(2,3)18-10-11-20(27)26(24-18)14-16-8-6-12-25(16)19-13-15-7-4-5-9-17(15)22-23-19/h10-11,13,16H,4-9,12,14H2,1-3H3. The van der Waals surface area contributed by atoms with Gasteiger partial charge < -0.3 is 4.90 Å². The maximum Gasteiger partial charge on any atom is 0.266 e. The summed E-state index contributed by atoms with van der Waals surface area (Å²) in [5, 5.41) is 13.7. The molecule has 2 aromatic heterocycles. The predicted octanol–water partition coefficient (Wildman–Crippen LogP) is 2.88. The maximum absolute atomic E-state index is 12.4. The van der Waals surface area contributed by atoms with Crippen LogP contribution in [0.25, 0.3) is 0 Å². The highest BCUT2D eigenvalue weighted by Gasteiger charge is 2.28. The van der Waals surface area contributed by atoms with Gasteiger partial charge in [0.15, 0.2) is 5.82 Å². The molecule has 27 heavy (non-hydrogen) atoms. The molecule has 0 aromatic carbocycles. The largest absolute Gasteiger partial charge is 0.350 e. The molecular weight excluding hydrogens is 338 g/mol. The highest BCUT2D eigenvalue weighted by molar-refractivity contribution is 5.44. The number of anilines is 1. The molecular formula is C21H29N5O. The number of aryl methyl sites for hydroxylation is 2. The lowest BCUT2D eigenvalue weighted by atomic mass is 9.92. The van der Waals surface area contributed by atoms with E-state index in [0.717, 1.165) is 49.4 Å². The molecule has 0 amide bonds. The first kappa shape index (κ1) is 18.1. The van der Waals surface area contributed by atoms with E-state index in [1.807, 2.05) is 6.07 Å². The fourth-order valence-corrected chi connectivity index (χ4v) is 4.13. The highest BCUT2D eigenvalue weighted by Crippen LogP contribution is 2.28. The molecule has 0 saturated carbocycles. The van der Waals surface area contributed by atoms with Gasteiger partial charge in [-0.05, 0) is 56.2 Å². The summed E-state index contributed by atoms with van der Waals surface area (Å²) >= 11 is 0. The molecule has 1 aliphatic heterocycles. The smallest absolute Gasteiger partial charge is 0.266 e. The molecule has 1 aliphatic carbocycles. The summed E-state index contributed by atoms with van der Waals surface area (Å²) in [7, 11) is 0. The maximum atomic E-state index is 12.4. The van der Waals surface area contributed by atoms with Crippen LogP contribution in [-0.4, -0.2) is 32.6 Å². The first-order valence-corrected chi connectivity index (χ1v) is 10.1. The Hall–Kier alpha value is -2.24. The van der Waals surface area contributed by atoms with Gasteiger partial charge in [0.25, 0.3) is 5.56 Å². The third kappa shape index (κ3) is 3.75. The highest BCUT2D eigenvalue weighted by atomic mass is 16.1. The average Bonchev–Trinajstić information content (AvgIpc) is 3.10. The van der Waals surface area contributed by atoms with Crippen LogP contribution < -0.4 is 10.5 Å². The molecule has 0 N–H and O–H groups in total. The zero-order valence-electron chi connectivity index (χ0n) is 16.6. The Balaban J connectivity index is 1.58. The second kappa shape index (κ2) is 7.06. The topological polar surface area (TPSA) is 63.9 Å². The minimum Gasteiger partial charge on any atom is -0.350 e. The fourth-order valence-electron chi connectivity index (χ4n) is 4.13. The minimum absolute atomic E-state index is 0.0358. The van der Waals surface area contributed by atoms with Gasteiger partial charge in [-0.3, -0.25) is 4.79 Å². The summed E-state index contributed by atoms with van der Waals surface area (Å²) in [6.45, 7) is 7.92. The van der Waals surface area contributed by atoms with Gasteiger partial charge in [-0.1, -0.05) is 20.8 Å². The van der Waals surface area contributed by atoms with Crippen LogP contribution >= 0.6 is 0 Å². The zero-order valence-corrected chi connectivity index (χ0v) is 16.6. The molecule has 6 nitrogen and oxygen atoms in total. The summed E-state index contributed by atoms with van der Waals surface area (Å²) in [5.41, 5.74) is 3.35. The third-order valence-electron chi connectivity index (χ3n) is 5.75. The Labute approximate surface area is 160 Å². The Morgan fingerprint density at radius 2 is 1.93 bits per heavy atom. The molecule has 1 unspecified atom stereocenters. The van der Waals surface area contributed by atoms with Crippen molar-refractivity contribution in [2.75, 3.05) is 11.4 Å². The van der Waals surface area contributed by atoms with E-state index in [4.69, 9.17) is 0 Å². The summed E-state index contributed by atoms with van der Waals surface area (Å²) in [4.78, 5) is 14.7. The molecule has 1 saturated heterocycles. The van der Waals surface area contributed by atoms with Crippen molar-refractivity contribution in [1.29, 1.82) is 0 Å². The van der Waals surface area contributed by atoms with Crippen molar-refractivity contribution in [2.45, 2.75) is 77.3 Å². The van der Waals surface area contributed by atoms with Gasteiger partial charge in [-0.15, -0.1) is 5.10 Å². The van der Waals surface area contributed by atoms with Crippen LogP contribution in [0.1, 0.15) is 63.4 Å². The Morgan fingerprint density at radius 3 is 2.74 bits per heavy atom. The molecule has 0 radical (unpaired) electrons. The van der Waals surface area contributed by atoms with E-state index in [0.29, 0.717) is 6.54 Å². The van der Waals surface area contributed by atoms with Crippen molar-refractivity contribution in [3.05, 3.63) is 45.5 Å². The number of hydrogen-bond acceptors (Lipinski definition) is 5. The van der Waals surface area contributed by atoms with Crippen LogP contribution in [0.2, 0.25) is 0 Å². The summed E-state index contributed by atoms with van der Waals surface area (Å²) < 4.78 is 1.63. The second-order valence-electron chi connectivity index (χ2n) is 8.86. The summed E-state index contributed by atoms with van der Waals surface area (Å²) in [6, 6.07) is 5.95. The molecule has 0 bridgehead atoms. The van der Waals surface area contributed by atoms with Gasteiger partial charge in [-0.25, -0.2) is 4.68 Å². The lowest BCUT2D eigenvalue weighted by Crippen LogP contribution is -2.38. The fraction of sp³-hybridized carbons (Fsp3) is 0.619. The minimum atomic E-state index is -0.0746. The van der Waals surface area contributed by atoms with Crippen LogP contribution in [0.3, 0.4) is 0 Å². The average molecular weight is 367 g/mol. The van der Waals surface area contributed by atoms with Crippen molar-refractivity contribution in [2.24, 2.45) is 0 Å².